The van der Waals surface area contributed by atoms with Crippen molar-refractivity contribution in [2.75, 3.05) is 13.2 Å². The summed E-state index contributed by atoms with van der Waals surface area (Å²) in [7, 11) is 0. The SMILES string of the molecule is CC(C)NC(=O)Cn1c(-c2cccc(Cl)c2)cn2nc(OCCO)cc2c1=O. The molecule has 2 aromatic heterocycles. The molecule has 0 saturated carbocycles. The molecule has 0 fully saturated rings. The third-order valence-electron chi connectivity index (χ3n) is 3.93. The molecule has 0 atom stereocenters. The van der Waals surface area contributed by atoms with Gasteiger partial charge in [0.25, 0.3) is 5.56 Å². The van der Waals surface area contributed by atoms with E-state index in [0.29, 0.717) is 16.3 Å². The molecule has 148 valence electrons. The quantitative estimate of drug-likeness (QED) is 0.624. The lowest BCUT2D eigenvalue weighted by molar-refractivity contribution is -0.122. The highest BCUT2D eigenvalue weighted by atomic mass is 35.5. The van der Waals surface area contributed by atoms with Crippen LogP contribution >= 0.6 is 11.6 Å². The van der Waals surface area contributed by atoms with Crippen molar-refractivity contribution >= 4 is 23.0 Å². The minimum absolute atomic E-state index is 0.0463. The second kappa shape index (κ2) is 8.45. The Bertz CT molecular complexity index is 1060. The van der Waals surface area contributed by atoms with Crippen LogP contribution < -0.4 is 15.6 Å². The summed E-state index contributed by atoms with van der Waals surface area (Å²) in [5.74, 6) is -0.0615. The third-order valence-corrected chi connectivity index (χ3v) is 4.16. The number of nitrogens with zero attached hydrogens (tertiary/aromatic N) is 3. The van der Waals surface area contributed by atoms with Crippen LogP contribution in [0.15, 0.2) is 41.3 Å². The van der Waals surface area contributed by atoms with Gasteiger partial charge in [0.2, 0.25) is 11.8 Å². The second-order valence-corrected chi connectivity index (χ2v) is 6.96. The summed E-state index contributed by atoms with van der Waals surface area (Å²) in [5.41, 5.74) is 1.05. The molecule has 0 unspecified atom stereocenters. The van der Waals surface area contributed by atoms with Gasteiger partial charge < -0.3 is 15.2 Å². The summed E-state index contributed by atoms with van der Waals surface area (Å²) < 4.78 is 8.09. The number of aromatic nitrogens is 3. The number of hydrogen-bond acceptors (Lipinski definition) is 5. The maximum atomic E-state index is 13.1. The predicted molar refractivity (Wildman–Crippen MR) is 106 cm³/mol. The first-order valence-electron chi connectivity index (χ1n) is 8.81. The molecule has 0 aliphatic carbocycles. The molecule has 28 heavy (non-hydrogen) atoms. The number of aliphatic hydroxyl groups excluding tert-OH is 1. The lowest BCUT2D eigenvalue weighted by atomic mass is 10.1. The molecule has 0 bridgehead atoms. The van der Waals surface area contributed by atoms with E-state index in [9.17, 15) is 9.59 Å². The Morgan fingerprint density at radius 3 is 2.82 bits per heavy atom. The molecule has 0 saturated heterocycles. The van der Waals surface area contributed by atoms with Crippen LogP contribution in [0.2, 0.25) is 5.02 Å². The molecule has 8 nitrogen and oxygen atoms in total. The van der Waals surface area contributed by atoms with Crippen molar-refractivity contribution in [1.29, 1.82) is 0 Å². The summed E-state index contributed by atoms with van der Waals surface area (Å²) in [6, 6.07) is 8.45. The van der Waals surface area contributed by atoms with E-state index in [-0.39, 0.29) is 48.7 Å². The van der Waals surface area contributed by atoms with Crippen LogP contribution in [0.3, 0.4) is 0 Å². The minimum Gasteiger partial charge on any atom is -0.474 e. The molecule has 3 aromatic rings. The molecule has 3 rings (SSSR count). The topological polar surface area (TPSA) is 97.9 Å². The van der Waals surface area contributed by atoms with Gasteiger partial charge in [-0.15, -0.1) is 5.10 Å². The van der Waals surface area contributed by atoms with E-state index in [4.69, 9.17) is 21.4 Å². The largest absolute Gasteiger partial charge is 0.474 e. The Morgan fingerprint density at radius 2 is 2.14 bits per heavy atom. The molecule has 2 heterocycles. The maximum absolute atomic E-state index is 13.1. The molecular formula is C19H21ClN4O4. The zero-order valence-corrected chi connectivity index (χ0v) is 16.3. The van der Waals surface area contributed by atoms with E-state index in [1.54, 1.807) is 30.5 Å². The number of ether oxygens (including phenoxy) is 1. The zero-order chi connectivity index (χ0) is 20.3. The molecule has 9 heteroatoms. The number of carbonyl (C=O) groups is 1. The molecule has 0 spiro atoms. The smallest absolute Gasteiger partial charge is 0.277 e. The molecule has 0 aliphatic heterocycles. The average Bonchev–Trinajstić information content (AvgIpc) is 3.05. The van der Waals surface area contributed by atoms with Crippen molar-refractivity contribution in [2.45, 2.75) is 26.4 Å². The number of halogens is 1. The van der Waals surface area contributed by atoms with Crippen LogP contribution in [0.25, 0.3) is 16.8 Å². The highest BCUT2D eigenvalue weighted by Crippen LogP contribution is 2.23. The average molecular weight is 405 g/mol. The Hall–Kier alpha value is -2.84. The Balaban J connectivity index is 2.15. The first-order chi connectivity index (χ1) is 13.4. The van der Waals surface area contributed by atoms with Crippen LogP contribution in [0.4, 0.5) is 0 Å². The number of benzene rings is 1. The van der Waals surface area contributed by atoms with Crippen molar-refractivity contribution in [3.8, 4) is 17.1 Å². The van der Waals surface area contributed by atoms with Gasteiger partial charge in [-0.25, -0.2) is 4.52 Å². The second-order valence-electron chi connectivity index (χ2n) is 6.52. The summed E-state index contributed by atoms with van der Waals surface area (Å²) in [6.07, 6.45) is 1.65. The molecular weight excluding hydrogens is 384 g/mol. The van der Waals surface area contributed by atoms with E-state index in [2.05, 4.69) is 10.4 Å². The van der Waals surface area contributed by atoms with Crippen molar-refractivity contribution in [3.63, 3.8) is 0 Å². The summed E-state index contributed by atoms with van der Waals surface area (Å²) in [6.45, 7) is 3.46. The van der Waals surface area contributed by atoms with Crippen molar-refractivity contribution in [2.24, 2.45) is 0 Å². The van der Waals surface area contributed by atoms with Crippen LogP contribution in [-0.2, 0) is 11.3 Å². The highest BCUT2D eigenvalue weighted by Gasteiger charge is 2.17. The highest BCUT2D eigenvalue weighted by molar-refractivity contribution is 6.30. The standard InChI is InChI=1S/C19H21ClN4O4/c1-12(2)21-17(26)11-23-16(13-4-3-5-14(20)8-13)10-24-15(19(23)27)9-18(22-24)28-7-6-25/h3-5,8-10,12,25H,6-7,11H2,1-2H3,(H,21,26). The van der Waals surface area contributed by atoms with Gasteiger partial charge >= 0.3 is 0 Å². The number of amides is 1. The summed E-state index contributed by atoms with van der Waals surface area (Å²) in [5, 5.41) is 16.4. The number of fused-ring (bicyclic) bond motifs is 1. The van der Waals surface area contributed by atoms with Crippen molar-refractivity contribution in [3.05, 3.63) is 51.9 Å². The molecule has 2 N–H and O–H groups in total. The van der Waals surface area contributed by atoms with Gasteiger partial charge in [0, 0.05) is 22.7 Å². The Morgan fingerprint density at radius 1 is 1.36 bits per heavy atom. The number of nitrogens with one attached hydrogen (secondary N) is 1. The van der Waals surface area contributed by atoms with Crippen LogP contribution in [0, 0.1) is 0 Å². The van der Waals surface area contributed by atoms with E-state index in [0.717, 1.165) is 0 Å². The van der Waals surface area contributed by atoms with Crippen molar-refractivity contribution in [1.82, 2.24) is 19.5 Å². The fraction of sp³-hybridized carbons (Fsp3) is 0.316. The van der Waals surface area contributed by atoms with Gasteiger partial charge in [-0.1, -0.05) is 23.7 Å². The van der Waals surface area contributed by atoms with Gasteiger partial charge in [-0.05, 0) is 26.0 Å². The first-order valence-corrected chi connectivity index (χ1v) is 9.19. The van der Waals surface area contributed by atoms with Gasteiger partial charge in [-0.2, -0.15) is 0 Å². The summed E-state index contributed by atoms with van der Waals surface area (Å²) in [4.78, 5) is 25.4. The Labute approximate surface area is 166 Å². The number of aliphatic hydroxyl groups is 1. The van der Waals surface area contributed by atoms with E-state index < -0.39 is 0 Å². The fourth-order valence-electron chi connectivity index (χ4n) is 2.83. The number of carbonyl (C=O) groups excluding carboxylic acids is 1. The molecule has 0 aliphatic rings. The predicted octanol–water partition coefficient (Wildman–Crippen LogP) is 1.71. The molecule has 1 amide bonds. The van der Waals surface area contributed by atoms with Gasteiger partial charge in [-0.3, -0.25) is 14.2 Å². The fourth-order valence-corrected chi connectivity index (χ4v) is 3.02. The van der Waals surface area contributed by atoms with Gasteiger partial charge in [0.1, 0.15) is 18.7 Å². The van der Waals surface area contributed by atoms with E-state index >= 15 is 0 Å². The van der Waals surface area contributed by atoms with Gasteiger partial charge in [0.05, 0.1) is 18.5 Å². The monoisotopic (exact) mass is 404 g/mol. The molecule has 0 radical (unpaired) electrons. The van der Waals surface area contributed by atoms with Crippen LogP contribution in [0.5, 0.6) is 5.88 Å². The van der Waals surface area contributed by atoms with E-state index in [1.165, 1.54) is 15.1 Å². The maximum Gasteiger partial charge on any atom is 0.277 e. The number of hydrogen-bond donors (Lipinski definition) is 2. The number of rotatable bonds is 7. The van der Waals surface area contributed by atoms with Crippen LogP contribution in [-0.4, -0.2) is 44.5 Å². The summed E-state index contributed by atoms with van der Waals surface area (Å²) >= 11 is 6.11. The third kappa shape index (κ3) is 4.35. The zero-order valence-electron chi connectivity index (χ0n) is 15.6. The van der Waals surface area contributed by atoms with Gasteiger partial charge in [0.15, 0.2) is 0 Å². The molecule has 1 aromatic carbocycles. The normalized spacial score (nSPS) is 11.2. The lowest BCUT2D eigenvalue weighted by Gasteiger charge is -2.15. The lowest BCUT2D eigenvalue weighted by Crippen LogP contribution is -2.37. The Kier molecular flexibility index (Phi) is 6.01. The van der Waals surface area contributed by atoms with E-state index in [1.807, 2.05) is 13.8 Å². The minimum atomic E-state index is -0.386. The first kappa shape index (κ1) is 19.9. The van der Waals surface area contributed by atoms with Crippen molar-refractivity contribution < 1.29 is 14.6 Å². The van der Waals surface area contributed by atoms with Crippen LogP contribution in [0.1, 0.15) is 13.8 Å².